The smallest absolute Gasteiger partial charge is 0.0435 e. The zero-order chi connectivity index (χ0) is 11.1. The van der Waals surface area contributed by atoms with Crippen LogP contribution in [0.1, 0.15) is 30.9 Å². The van der Waals surface area contributed by atoms with Gasteiger partial charge in [0, 0.05) is 11.1 Å². The molecule has 0 aliphatic heterocycles. The Bertz CT molecular complexity index is 367. The fourth-order valence-corrected chi connectivity index (χ4v) is 2.29. The summed E-state index contributed by atoms with van der Waals surface area (Å²) < 4.78 is 0. The van der Waals surface area contributed by atoms with Crippen molar-refractivity contribution in [3.05, 3.63) is 34.3 Å². The average Bonchev–Trinajstić information content (AvgIpc) is 2.93. The van der Waals surface area contributed by atoms with Crippen molar-refractivity contribution in [3.8, 4) is 0 Å². The molecule has 2 heteroatoms. The molecule has 1 unspecified atom stereocenters. The standard InChI is InChI=1S/C13H18ClN/c1-9-7-11(3-4-12(9)14)8-13(5-6-13)10(2)15/h3-4,7,10H,5-6,8,15H2,1-2H3. The van der Waals surface area contributed by atoms with Crippen LogP contribution < -0.4 is 5.73 Å². The molecule has 2 rings (SSSR count). The SMILES string of the molecule is Cc1cc(CC2(C(C)N)CC2)ccc1Cl. The van der Waals surface area contributed by atoms with Crippen LogP contribution in [0.2, 0.25) is 5.02 Å². The topological polar surface area (TPSA) is 26.0 Å². The van der Waals surface area contributed by atoms with E-state index in [0.717, 1.165) is 17.0 Å². The lowest BCUT2D eigenvalue weighted by atomic mass is 9.90. The van der Waals surface area contributed by atoms with Crippen LogP contribution >= 0.6 is 11.6 Å². The number of nitrogens with two attached hydrogens (primary N) is 1. The predicted molar refractivity (Wildman–Crippen MR) is 65.2 cm³/mol. The van der Waals surface area contributed by atoms with E-state index in [1.807, 2.05) is 6.07 Å². The lowest BCUT2D eigenvalue weighted by Gasteiger charge is -2.19. The van der Waals surface area contributed by atoms with Crippen LogP contribution in [0.5, 0.6) is 0 Å². The summed E-state index contributed by atoms with van der Waals surface area (Å²) in [4.78, 5) is 0. The fourth-order valence-electron chi connectivity index (χ4n) is 2.18. The summed E-state index contributed by atoms with van der Waals surface area (Å²) in [6.45, 7) is 4.17. The number of hydrogen-bond acceptors (Lipinski definition) is 1. The minimum Gasteiger partial charge on any atom is -0.327 e. The Morgan fingerprint density at radius 3 is 2.60 bits per heavy atom. The first-order valence-corrected chi connectivity index (χ1v) is 5.92. The lowest BCUT2D eigenvalue weighted by Crippen LogP contribution is -2.29. The summed E-state index contributed by atoms with van der Waals surface area (Å²) in [5.74, 6) is 0. The van der Waals surface area contributed by atoms with Crippen molar-refractivity contribution >= 4 is 11.6 Å². The van der Waals surface area contributed by atoms with E-state index >= 15 is 0 Å². The first-order chi connectivity index (χ1) is 7.03. The summed E-state index contributed by atoms with van der Waals surface area (Å²) >= 11 is 6.01. The van der Waals surface area contributed by atoms with Crippen LogP contribution in [0.25, 0.3) is 0 Å². The molecule has 15 heavy (non-hydrogen) atoms. The molecule has 0 amide bonds. The minimum atomic E-state index is 0.300. The van der Waals surface area contributed by atoms with E-state index in [0.29, 0.717) is 11.5 Å². The molecule has 0 spiro atoms. The Morgan fingerprint density at radius 2 is 2.13 bits per heavy atom. The van der Waals surface area contributed by atoms with Crippen molar-refractivity contribution < 1.29 is 0 Å². The van der Waals surface area contributed by atoms with Gasteiger partial charge in [-0.25, -0.2) is 0 Å². The highest BCUT2D eigenvalue weighted by atomic mass is 35.5. The third kappa shape index (κ3) is 2.19. The number of halogens is 1. The summed E-state index contributed by atoms with van der Waals surface area (Å²) in [5, 5.41) is 0.851. The largest absolute Gasteiger partial charge is 0.327 e. The van der Waals surface area contributed by atoms with Gasteiger partial charge in [-0.3, -0.25) is 0 Å². The number of hydrogen-bond donors (Lipinski definition) is 1. The molecule has 0 saturated heterocycles. The molecule has 0 radical (unpaired) electrons. The van der Waals surface area contributed by atoms with Crippen LogP contribution in [0.3, 0.4) is 0 Å². The first-order valence-electron chi connectivity index (χ1n) is 5.54. The molecule has 1 aromatic carbocycles. The highest BCUT2D eigenvalue weighted by molar-refractivity contribution is 6.31. The van der Waals surface area contributed by atoms with E-state index in [2.05, 4.69) is 26.0 Å². The Kier molecular flexibility index (Phi) is 2.78. The molecule has 0 heterocycles. The zero-order valence-corrected chi connectivity index (χ0v) is 10.1. The molecule has 0 bridgehead atoms. The van der Waals surface area contributed by atoms with Gasteiger partial charge in [-0.2, -0.15) is 0 Å². The molecule has 1 aromatic rings. The van der Waals surface area contributed by atoms with Gasteiger partial charge < -0.3 is 5.73 Å². The summed E-state index contributed by atoms with van der Waals surface area (Å²) in [7, 11) is 0. The zero-order valence-electron chi connectivity index (χ0n) is 9.39. The fraction of sp³-hybridized carbons (Fsp3) is 0.538. The Morgan fingerprint density at radius 1 is 1.47 bits per heavy atom. The molecular formula is C13H18ClN. The van der Waals surface area contributed by atoms with Crippen LogP contribution in [0.4, 0.5) is 0 Å². The van der Waals surface area contributed by atoms with Gasteiger partial charge in [0.25, 0.3) is 0 Å². The Hall–Kier alpha value is -0.530. The van der Waals surface area contributed by atoms with Crippen LogP contribution in [-0.4, -0.2) is 6.04 Å². The van der Waals surface area contributed by atoms with Gasteiger partial charge in [-0.15, -0.1) is 0 Å². The van der Waals surface area contributed by atoms with E-state index in [9.17, 15) is 0 Å². The van der Waals surface area contributed by atoms with Crippen LogP contribution in [-0.2, 0) is 6.42 Å². The first kappa shape index (κ1) is 11.0. The average molecular weight is 224 g/mol. The molecule has 82 valence electrons. The minimum absolute atomic E-state index is 0.300. The molecule has 1 saturated carbocycles. The quantitative estimate of drug-likeness (QED) is 0.836. The maximum absolute atomic E-state index is 6.02. The highest BCUT2D eigenvalue weighted by Gasteiger charge is 2.45. The third-order valence-corrected chi connectivity index (χ3v) is 4.06. The van der Waals surface area contributed by atoms with E-state index < -0.39 is 0 Å². The molecule has 1 atom stereocenters. The van der Waals surface area contributed by atoms with Crippen molar-refractivity contribution in [3.63, 3.8) is 0 Å². The molecule has 1 aliphatic carbocycles. The van der Waals surface area contributed by atoms with E-state index in [1.54, 1.807) is 0 Å². The molecule has 1 fully saturated rings. The molecular weight excluding hydrogens is 206 g/mol. The van der Waals surface area contributed by atoms with Gasteiger partial charge in [0.2, 0.25) is 0 Å². The Labute approximate surface area is 96.6 Å². The van der Waals surface area contributed by atoms with Crippen molar-refractivity contribution in [1.82, 2.24) is 0 Å². The van der Waals surface area contributed by atoms with Gasteiger partial charge in [-0.1, -0.05) is 23.7 Å². The van der Waals surface area contributed by atoms with Crippen molar-refractivity contribution in [2.24, 2.45) is 11.1 Å². The Balaban J connectivity index is 2.15. The molecule has 1 nitrogen and oxygen atoms in total. The molecule has 2 N–H and O–H groups in total. The summed E-state index contributed by atoms with van der Waals surface area (Å²) in [6, 6.07) is 6.60. The number of benzene rings is 1. The van der Waals surface area contributed by atoms with Crippen molar-refractivity contribution in [2.75, 3.05) is 0 Å². The van der Waals surface area contributed by atoms with E-state index in [4.69, 9.17) is 17.3 Å². The maximum Gasteiger partial charge on any atom is 0.0435 e. The molecule has 1 aliphatic rings. The van der Waals surface area contributed by atoms with E-state index in [-0.39, 0.29) is 0 Å². The van der Waals surface area contributed by atoms with Crippen molar-refractivity contribution in [2.45, 2.75) is 39.2 Å². The predicted octanol–water partition coefficient (Wildman–Crippen LogP) is 3.32. The maximum atomic E-state index is 6.02. The number of aryl methyl sites for hydroxylation is 1. The van der Waals surface area contributed by atoms with Gasteiger partial charge in [0.15, 0.2) is 0 Å². The summed E-state index contributed by atoms with van der Waals surface area (Å²) in [5.41, 5.74) is 8.93. The second kappa shape index (κ2) is 3.80. The van der Waals surface area contributed by atoms with Crippen molar-refractivity contribution in [1.29, 1.82) is 0 Å². The van der Waals surface area contributed by atoms with Gasteiger partial charge >= 0.3 is 0 Å². The normalized spacial score (nSPS) is 20.0. The van der Waals surface area contributed by atoms with Crippen LogP contribution in [0.15, 0.2) is 18.2 Å². The molecule has 0 aromatic heterocycles. The van der Waals surface area contributed by atoms with Gasteiger partial charge in [0.05, 0.1) is 0 Å². The van der Waals surface area contributed by atoms with Crippen LogP contribution in [0, 0.1) is 12.3 Å². The van der Waals surface area contributed by atoms with Gasteiger partial charge in [0.1, 0.15) is 0 Å². The van der Waals surface area contributed by atoms with E-state index in [1.165, 1.54) is 18.4 Å². The highest BCUT2D eigenvalue weighted by Crippen LogP contribution is 2.50. The second-order valence-corrected chi connectivity index (χ2v) is 5.32. The summed E-state index contributed by atoms with van der Waals surface area (Å²) in [6.07, 6.45) is 3.64. The second-order valence-electron chi connectivity index (χ2n) is 4.91. The third-order valence-electron chi connectivity index (χ3n) is 3.64. The monoisotopic (exact) mass is 223 g/mol. The lowest BCUT2D eigenvalue weighted by molar-refractivity contribution is 0.418. The van der Waals surface area contributed by atoms with Gasteiger partial charge in [-0.05, 0) is 55.7 Å². The number of rotatable bonds is 3.